The zero-order valence-corrected chi connectivity index (χ0v) is 11.9. The number of halogens is 1. The van der Waals surface area contributed by atoms with Gasteiger partial charge < -0.3 is 15.5 Å². The molecule has 0 aliphatic carbocycles. The summed E-state index contributed by atoms with van der Waals surface area (Å²) in [6.45, 7) is 3.00. The number of amides is 1. The molecule has 1 saturated heterocycles. The predicted molar refractivity (Wildman–Crippen MR) is 77.2 cm³/mol. The van der Waals surface area contributed by atoms with Crippen molar-refractivity contribution in [1.29, 1.82) is 0 Å². The van der Waals surface area contributed by atoms with Gasteiger partial charge >= 0.3 is 0 Å². The summed E-state index contributed by atoms with van der Waals surface area (Å²) in [5.74, 6) is 0.130. The molecule has 19 heavy (non-hydrogen) atoms. The van der Waals surface area contributed by atoms with Crippen LogP contribution in [0.5, 0.6) is 0 Å². The third kappa shape index (κ3) is 3.69. The Morgan fingerprint density at radius 1 is 1.47 bits per heavy atom. The lowest BCUT2D eigenvalue weighted by atomic mass is 10.1. The minimum absolute atomic E-state index is 0.116. The zero-order chi connectivity index (χ0) is 13.8. The summed E-state index contributed by atoms with van der Waals surface area (Å²) in [5.41, 5.74) is 6.72. The normalized spacial score (nSPS) is 20.6. The lowest BCUT2D eigenvalue weighted by molar-refractivity contribution is -0.134. The smallest absolute Gasteiger partial charge is 0.227 e. The quantitative estimate of drug-likeness (QED) is 0.899. The molecule has 0 aromatic heterocycles. The molecule has 1 fully saturated rings. The van der Waals surface area contributed by atoms with E-state index in [2.05, 4.69) is 11.9 Å². The largest absolute Gasteiger partial charge is 0.336 e. The Labute approximate surface area is 119 Å². The molecule has 1 aromatic carbocycles. The molecule has 1 atom stereocenters. The predicted octanol–water partition coefficient (Wildman–Crippen LogP) is 0.984. The number of hydrogen-bond donors (Lipinski definition) is 1. The summed E-state index contributed by atoms with van der Waals surface area (Å²) in [5, 5.41) is 0.666. The summed E-state index contributed by atoms with van der Waals surface area (Å²) in [4.78, 5) is 16.5. The van der Waals surface area contributed by atoms with E-state index in [0.717, 1.165) is 25.2 Å². The lowest BCUT2D eigenvalue weighted by Crippen LogP contribution is -2.57. The van der Waals surface area contributed by atoms with Crippen LogP contribution in [0, 0.1) is 0 Å². The summed E-state index contributed by atoms with van der Waals surface area (Å²) < 4.78 is 0. The van der Waals surface area contributed by atoms with E-state index in [1.54, 1.807) is 0 Å². The van der Waals surface area contributed by atoms with Gasteiger partial charge in [-0.05, 0) is 24.7 Å². The third-order valence-corrected chi connectivity index (χ3v) is 3.76. The molecule has 0 bridgehead atoms. The minimum atomic E-state index is 0.116. The van der Waals surface area contributed by atoms with Crippen molar-refractivity contribution in [1.82, 2.24) is 9.80 Å². The number of rotatable bonds is 3. The molecule has 1 unspecified atom stereocenters. The van der Waals surface area contributed by atoms with Crippen LogP contribution < -0.4 is 5.73 Å². The molecule has 0 spiro atoms. The zero-order valence-electron chi connectivity index (χ0n) is 11.2. The van der Waals surface area contributed by atoms with E-state index in [0.29, 0.717) is 18.0 Å². The first-order chi connectivity index (χ1) is 9.10. The van der Waals surface area contributed by atoms with Crippen LogP contribution >= 0.6 is 11.6 Å². The maximum atomic E-state index is 12.4. The number of hydrogen-bond acceptors (Lipinski definition) is 3. The van der Waals surface area contributed by atoms with E-state index in [-0.39, 0.29) is 11.9 Å². The van der Waals surface area contributed by atoms with Crippen LogP contribution in [0.4, 0.5) is 0 Å². The van der Waals surface area contributed by atoms with Crippen LogP contribution in [-0.2, 0) is 11.2 Å². The Kier molecular flexibility index (Phi) is 4.80. The second-order valence-corrected chi connectivity index (χ2v) is 5.48. The van der Waals surface area contributed by atoms with Gasteiger partial charge in [-0.25, -0.2) is 0 Å². The highest BCUT2D eigenvalue weighted by Gasteiger charge is 2.27. The molecular weight excluding hydrogens is 262 g/mol. The molecule has 1 heterocycles. The van der Waals surface area contributed by atoms with E-state index < -0.39 is 0 Å². The Balaban J connectivity index is 2.02. The fourth-order valence-electron chi connectivity index (χ4n) is 2.46. The van der Waals surface area contributed by atoms with Gasteiger partial charge in [0.2, 0.25) is 5.91 Å². The highest BCUT2D eigenvalue weighted by Crippen LogP contribution is 2.14. The SMILES string of the molecule is CN1CCN(C(=O)Cc2cccc(Cl)c2)C(CN)C1. The van der Waals surface area contributed by atoms with Crippen molar-refractivity contribution >= 4 is 17.5 Å². The second-order valence-electron chi connectivity index (χ2n) is 5.05. The van der Waals surface area contributed by atoms with Gasteiger partial charge in [-0.1, -0.05) is 23.7 Å². The van der Waals surface area contributed by atoms with Gasteiger partial charge in [0.1, 0.15) is 0 Å². The van der Waals surface area contributed by atoms with Crippen LogP contribution in [0.2, 0.25) is 5.02 Å². The van der Waals surface area contributed by atoms with Crippen LogP contribution in [0.3, 0.4) is 0 Å². The number of nitrogens with two attached hydrogens (primary N) is 1. The first-order valence-electron chi connectivity index (χ1n) is 6.52. The van der Waals surface area contributed by atoms with Gasteiger partial charge in [0.15, 0.2) is 0 Å². The molecule has 0 saturated carbocycles. The van der Waals surface area contributed by atoms with E-state index in [1.165, 1.54) is 0 Å². The second kappa shape index (κ2) is 6.37. The maximum Gasteiger partial charge on any atom is 0.227 e. The average molecular weight is 282 g/mol. The van der Waals surface area contributed by atoms with Crippen molar-refractivity contribution in [3.05, 3.63) is 34.9 Å². The summed E-state index contributed by atoms with van der Waals surface area (Å²) >= 11 is 5.94. The van der Waals surface area contributed by atoms with Crippen molar-refractivity contribution in [3.8, 4) is 0 Å². The van der Waals surface area contributed by atoms with Gasteiger partial charge in [0.25, 0.3) is 0 Å². The number of piperazine rings is 1. The average Bonchev–Trinajstić information content (AvgIpc) is 2.38. The maximum absolute atomic E-state index is 12.4. The Bertz CT molecular complexity index is 452. The summed E-state index contributed by atoms with van der Waals surface area (Å²) in [6.07, 6.45) is 0.390. The number of benzene rings is 1. The molecule has 1 amide bonds. The van der Waals surface area contributed by atoms with E-state index in [1.807, 2.05) is 29.2 Å². The Morgan fingerprint density at radius 3 is 2.95 bits per heavy atom. The first-order valence-corrected chi connectivity index (χ1v) is 6.90. The van der Waals surface area contributed by atoms with E-state index in [9.17, 15) is 4.79 Å². The molecule has 1 aliphatic heterocycles. The summed E-state index contributed by atoms with van der Waals surface area (Å²) in [7, 11) is 2.06. The van der Waals surface area contributed by atoms with E-state index >= 15 is 0 Å². The molecule has 104 valence electrons. The van der Waals surface area contributed by atoms with Gasteiger partial charge in [0.05, 0.1) is 12.5 Å². The van der Waals surface area contributed by atoms with Crippen LogP contribution in [0.25, 0.3) is 0 Å². The number of carbonyl (C=O) groups is 1. The molecular formula is C14H20ClN3O. The molecule has 0 radical (unpaired) electrons. The van der Waals surface area contributed by atoms with Crippen molar-refractivity contribution in [3.63, 3.8) is 0 Å². The lowest BCUT2D eigenvalue weighted by Gasteiger charge is -2.39. The van der Waals surface area contributed by atoms with Crippen molar-refractivity contribution < 1.29 is 4.79 Å². The Hall–Kier alpha value is -1.10. The topological polar surface area (TPSA) is 49.6 Å². The number of carbonyl (C=O) groups excluding carboxylic acids is 1. The summed E-state index contributed by atoms with van der Waals surface area (Å²) in [6, 6.07) is 7.57. The van der Waals surface area contributed by atoms with E-state index in [4.69, 9.17) is 17.3 Å². The fraction of sp³-hybridized carbons (Fsp3) is 0.500. The van der Waals surface area contributed by atoms with Crippen molar-refractivity contribution in [2.24, 2.45) is 5.73 Å². The fourth-order valence-corrected chi connectivity index (χ4v) is 2.68. The number of nitrogens with zero attached hydrogens (tertiary/aromatic N) is 2. The van der Waals surface area contributed by atoms with Gasteiger partial charge in [-0.15, -0.1) is 0 Å². The van der Waals surface area contributed by atoms with Crippen LogP contribution in [-0.4, -0.2) is 55.0 Å². The highest BCUT2D eigenvalue weighted by atomic mass is 35.5. The Morgan fingerprint density at radius 2 is 2.26 bits per heavy atom. The monoisotopic (exact) mass is 281 g/mol. The molecule has 5 heteroatoms. The highest BCUT2D eigenvalue weighted by molar-refractivity contribution is 6.30. The van der Waals surface area contributed by atoms with Gasteiger partial charge in [0, 0.05) is 31.2 Å². The first kappa shape index (κ1) is 14.3. The third-order valence-electron chi connectivity index (χ3n) is 3.52. The van der Waals surface area contributed by atoms with Gasteiger partial charge in [-0.3, -0.25) is 4.79 Å². The van der Waals surface area contributed by atoms with Gasteiger partial charge in [-0.2, -0.15) is 0 Å². The van der Waals surface area contributed by atoms with Crippen molar-refractivity contribution in [2.75, 3.05) is 33.2 Å². The van der Waals surface area contributed by atoms with Crippen LogP contribution in [0.15, 0.2) is 24.3 Å². The molecule has 2 rings (SSSR count). The molecule has 1 aromatic rings. The standard InChI is InChI=1S/C14H20ClN3O/c1-17-5-6-18(13(9-16)10-17)14(19)8-11-3-2-4-12(15)7-11/h2-4,7,13H,5-6,8-10,16H2,1H3. The molecule has 2 N–H and O–H groups in total. The van der Waals surface area contributed by atoms with Crippen LogP contribution in [0.1, 0.15) is 5.56 Å². The molecule has 4 nitrogen and oxygen atoms in total. The minimum Gasteiger partial charge on any atom is -0.336 e. The number of likely N-dealkylation sites (N-methyl/N-ethyl adjacent to an activating group) is 1. The van der Waals surface area contributed by atoms with Crippen molar-refractivity contribution in [2.45, 2.75) is 12.5 Å². The molecule has 1 aliphatic rings.